The topological polar surface area (TPSA) is 28.2 Å². The van der Waals surface area contributed by atoms with Crippen LogP contribution in [0, 0.1) is 13.8 Å². The maximum atomic E-state index is 4.75. The van der Waals surface area contributed by atoms with E-state index >= 15 is 0 Å². The van der Waals surface area contributed by atoms with Crippen LogP contribution >= 0.6 is 11.3 Å². The van der Waals surface area contributed by atoms with Gasteiger partial charge in [-0.15, -0.1) is 0 Å². The molecule has 1 N–H and O–H groups in total. The van der Waals surface area contributed by atoms with Crippen molar-refractivity contribution in [3.05, 3.63) is 40.4 Å². The molecule has 2 rings (SSSR count). The Kier molecular flexibility index (Phi) is 4.78. The molecule has 0 fully saturated rings. The lowest BCUT2D eigenvalue weighted by Crippen LogP contribution is -2.15. The quantitative estimate of drug-likeness (QED) is 0.894. The van der Waals surface area contributed by atoms with Crippen LogP contribution in [0.4, 0.5) is 10.8 Å². The zero-order valence-electron chi connectivity index (χ0n) is 12.9. The molecule has 4 heteroatoms. The third kappa shape index (κ3) is 3.02. The molecule has 20 heavy (non-hydrogen) atoms. The van der Waals surface area contributed by atoms with Crippen molar-refractivity contribution in [2.24, 2.45) is 0 Å². The van der Waals surface area contributed by atoms with Gasteiger partial charge in [0.1, 0.15) is 0 Å². The highest BCUT2D eigenvalue weighted by Crippen LogP contribution is 2.34. The molecular formula is C16H23N3S. The Morgan fingerprint density at radius 1 is 1.25 bits per heavy atom. The van der Waals surface area contributed by atoms with Crippen molar-refractivity contribution in [2.45, 2.75) is 33.7 Å². The molecule has 0 saturated carbocycles. The Labute approximate surface area is 125 Å². The molecule has 1 atom stereocenters. The van der Waals surface area contributed by atoms with Crippen LogP contribution < -0.4 is 10.2 Å². The Morgan fingerprint density at radius 3 is 2.45 bits per heavy atom. The first kappa shape index (κ1) is 15.0. The Bertz CT molecular complexity index is 560. The van der Waals surface area contributed by atoms with E-state index in [1.54, 1.807) is 11.3 Å². The average molecular weight is 289 g/mol. The second-order valence-corrected chi connectivity index (χ2v) is 6.05. The van der Waals surface area contributed by atoms with Crippen molar-refractivity contribution in [2.75, 3.05) is 18.5 Å². The van der Waals surface area contributed by atoms with Gasteiger partial charge in [0.25, 0.3) is 0 Å². The molecule has 0 radical (unpaired) electrons. The maximum absolute atomic E-state index is 4.75. The lowest BCUT2D eigenvalue weighted by atomic mass is 10.2. The Balaban J connectivity index is 2.35. The van der Waals surface area contributed by atoms with Crippen LogP contribution in [0.25, 0.3) is 0 Å². The standard InChI is InChI=1S/C16H23N3S/c1-6-19(14-9-7-11(2)8-10-14)16-18-13(4)15(20-16)12(3)17-5/h7-10,12,17H,6H2,1-5H3. The SMILES string of the molecule is CCN(c1ccc(C)cc1)c1nc(C)c(C(C)NC)s1. The monoisotopic (exact) mass is 289 g/mol. The molecule has 1 aromatic carbocycles. The molecule has 0 amide bonds. The normalized spacial score (nSPS) is 12.4. The third-order valence-corrected chi connectivity index (χ3v) is 4.90. The smallest absolute Gasteiger partial charge is 0.190 e. The number of hydrogen-bond acceptors (Lipinski definition) is 4. The van der Waals surface area contributed by atoms with Crippen LogP contribution in [0.15, 0.2) is 24.3 Å². The molecule has 0 aliphatic heterocycles. The summed E-state index contributed by atoms with van der Waals surface area (Å²) in [4.78, 5) is 8.33. The van der Waals surface area contributed by atoms with Crippen LogP contribution in [0.5, 0.6) is 0 Å². The molecule has 1 aromatic heterocycles. The van der Waals surface area contributed by atoms with Gasteiger partial charge in [0.15, 0.2) is 5.13 Å². The van der Waals surface area contributed by atoms with Gasteiger partial charge in [0.05, 0.1) is 5.69 Å². The van der Waals surface area contributed by atoms with Gasteiger partial charge < -0.3 is 10.2 Å². The van der Waals surface area contributed by atoms with Crippen LogP contribution in [-0.4, -0.2) is 18.6 Å². The summed E-state index contributed by atoms with van der Waals surface area (Å²) in [6, 6.07) is 8.97. The van der Waals surface area contributed by atoms with E-state index in [-0.39, 0.29) is 0 Å². The minimum atomic E-state index is 0.345. The van der Waals surface area contributed by atoms with Gasteiger partial charge in [-0.1, -0.05) is 29.0 Å². The number of nitrogens with one attached hydrogen (secondary N) is 1. The zero-order chi connectivity index (χ0) is 14.7. The van der Waals surface area contributed by atoms with E-state index in [9.17, 15) is 0 Å². The summed E-state index contributed by atoms with van der Waals surface area (Å²) in [5.41, 5.74) is 3.61. The number of benzene rings is 1. The number of rotatable bonds is 5. The Hall–Kier alpha value is -1.39. The summed E-state index contributed by atoms with van der Waals surface area (Å²) >= 11 is 1.78. The van der Waals surface area contributed by atoms with E-state index in [4.69, 9.17) is 4.98 Å². The van der Waals surface area contributed by atoms with Gasteiger partial charge in [-0.25, -0.2) is 4.98 Å². The van der Waals surface area contributed by atoms with Crippen molar-refractivity contribution in [1.29, 1.82) is 0 Å². The van der Waals surface area contributed by atoms with Crippen molar-refractivity contribution in [3.8, 4) is 0 Å². The van der Waals surface area contributed by atoms with Crippen LogP contribution in [0.3, 0.4) is 0 Å². The maximum Gasteiger partial charge on any atom is 0.190 e. The number of thiazole rings is 1. The molecule has 2 aromatic rings. The predicted molar refractivity (Wildman–Crippen MR) is 88.2 cm³/mol. The molecule has 3 nitrogen and oxygen atoms in total. The van der Waals surface area contributed by atoms with Gasteiger partial charge in [0.2, 0.25) is 0 Å². The van der Waals surface area contributed by atoms with Gasteiger partial charge in [-0.3, -0.25) is 0 Å². The fraction of sp³-hybridized carbons (Fsp3) is 0.438. The second kappa shape index (κ2) is 6.37. The summed E-state index contributed by atoms with van der Waals surface area (Å²) in [5, 5.41) is 4.37. The van der Waals surface area contributed by atoms with E-state index in [1.165, 1.54) is 16.1 Å². The summed E-state index contributed by atoms with van der Waals surface area (Å²) in [7, 11) is 1.99. The number of hydrogen-bond donors (Lipinski definition) is 1. The number of aryl methyl sites for hydroxylation is 2. The highest BCUT2D eigenvalue weighted by Gasteiger charge is 2.17. The number of nitrogens with zero attached hydrogens (tertiary/aromatic N) is 2. The largest absolute Gasteiger partial charge is 0.318 e. The van der Waals surface area contributed by atoms with Gasteiger partial charge in [0, 0.05) is 23.2 Å². The minimum absolute atomic E-state index is 0.345. The molecule has 0 bridgehead atoms. The summed E-state index contributed by atoms with van der Waals surface area (Å²) in [5.74, 6) is 0. The fourth-order valence-electron chi connectivity index (χ4n) is 2.19. The summed E-state index contributed by atoms with van der Waals surface area (Å²) in [6.07, 6.45) is 0. The van der Waals surface area contributed by atoms with Crippen molar-refractivity contribution >= 4 is 22.2 Å². The van der Waals surface area contributed by atoms with Crippen molar-refractivity contribution < 1.29 is 0 Å². The Morgan fingerprint density at radius 2 is 1.90 bits per heavy atom. The second-order valence-electron chi connectivity index (χ2n) is 5.04. The molecule has 1 heterocycles. The molecule has 0 saturated heterocycles. The first-order chi connectivity index (χ1) is 9.56. The average Bonchev–Trinajstić information content (AvgIpc) is 2.83. The summed E-state index contributed by atoms with van der Waals surface area (Å²) in [6.45, 7) is 9.46. The van der Waals surface area contributed by atoms with E-state index < -0.39 is 0 Å². The van der Waals surface area contributed by atoms with Crippen molar-refractivity contribution in [1.82, 2.24) is 10.3 Å². The minimum Gasteiger partial charge on any atom is -0.318 e. The van der Waals surface area contributed by atoms with Crippen molar-refractivity contribution in [3.63, 3.8) is 0 Å². The zero-order valence-corrected chi connectivity index (χ0v) is 13.7. The van der Waals surface area contributed by atoms with E-state index in [0.717, 1.165) is 17.4 Å². The molecular weight excluding hydrogens is 266 g/mol. The van der Waals surface area contributed by atoms with Crippen LogP contribution in [0.2, 0.25) is 0 Å². The molecule has 108 valence electrons. The third-order valence-electron chi connectivity index (χ3n) is 3.54. The first-order valence-corrected chi connectivity index (χ1v) is 7.87. The number of anilines is 2. The highest BCUT2D eigenvalue weighted by molar-refractivity contribution is 7.15. The predicted octanol–water partition coefficient (Wildman–Crippen LogP) is 4.20. The van der Waals surface area contributed by atoms with E-state index in [1.807, 2.05) is 7.05 Å². The lowest BCUT2D eigenvalue weighted by Gasteiger charge is -2.20. The fourth-order valence-corrected chi connectivity index (χ4v) is 3.41. The molecule has 0 aliphatic carbocycles. The van der Waals surface area contributed by atoms with E-state index in [0.29, 0.717) is 6.04 Å². The van der Waals surface area contributed by atoms with Gasteiger partial charge >= 0.3 is 0 Å². The molecule has 0 aliphatic rings. The first-order valence-electron chi connectivity index (χ1n) is 7.05. The summed E-state index contributed by atoms with van der Waals surface area (Å²) < 4.78 is 0. The van der Waals surface area contributed by atoms with E-state index in [2.05, 4.69) is 62.2 Å². The molecule has 1 unspecified atom stereocenters. The number of aromatic nitrogens is 1. The van der Waals surface area contributed by atoms with Crippen LogP contribution in [0.1, 0.15) is 36.0 Å². The van der Waals surface area contributed by atoms with Crippen LogP contribution in [-0.2, 0) is 0 Å². The van der Waals surface area contributed by atoms with Gasteiger partial charge in [-0.05, 0) is 46.9 Å². The van der Waals surface area contributed by atoms with Gasteiger partial charge in [-0.2, -0.15) is 0 Å². The molecule has 0 spiro atoms. The highest BCUT2D eigenvalue weighted by atomic mass is 32.1. The lowest BCUT2D eigenvalue weighted by molar-refractivity contribution is 0.658.